The third kappa shape index (κ3) is 4.43. The molecule has 1 heterocycles. The Morgan fingerprint density at radius 3 is 2.67 bits per heavy atom. The van der Waals surface area contributed by atoms with Gasteiger partial charge in [-0.1, -0.05) is 38.1 Å². The average molecular weight is 285 g/mol. The number of pyridine rings is 1. The zero-order valence-corrected chi connectivity index (χ0v) is 13.5. The van der Waals surface area contributed by atoms with Gasteiger partial charge in [0, 0.05) is 23.0 Å². The van der Waals surface area contributed by atoms with Crippen LogP contribution in [0.2, 0.25) is 0 Å². The molecule has 0 radical (unpaired) electrons. The van der Waals surface area contributed by atoms with Crippen molar-refractivity contribution in [2.75, 3.05) is 25.0 Å². The Morgan fingerprint density at radius 1 is 1.14 bits per heavy atom. The van der Waals surface area contributed by atoms with Gasteiger partial charge in [0.2, 0.25) is 0 Å². The topological polar surface area (TPSA) is 28.2 Å². The highest BCUT2D eigenvalue weighted by Crippen LogP contribution is 2.22. The van der Waals surface area contributed by atoms with Gasteiger partial charge in [0.25, 0.3) is 0 Å². The molecule has 1 N–H and O–H groups in total. The van der Waals surface area contributed by atoms with Gasteiger partial charge in [-0.2, -0.15) is 0 Å². The van der Waals surface area contributed by atoms with Crippen molar-refractivity contribution < 1.29 is 0 Å². The molecule has 2 rings (SSSR count). The van der Waals surface area contributed by atoms with Crippen LogP contribution < -0.4 is 5.32 Å². The summed E-state index contributed by atoms with van der Waals surface area (Å²) >= 11 is 0. The first-order valence-corrected chi connectivity index (χ1v) is 8.06. The van der Waals surface area contributed by atoms with Crippen LogP contribution in [0.15, 0.2) is 36.7 Å². The molecule has 1 atom stereocenters. The van der Waals surface area contributed by atoms with E-state index in [1.807, 2.05) is 12.4 Å². The molecule has 0 spiro atoms. The highest BCUT2D eigenvalue weighted by atomic mass is 15.1. The van der Waals surface area contributed by atoms with Crippen molar-refractivity contribution in [1.82, 2.24) is 9.88 Å². The monoisotopic (exact) mass is 285 g/mol. The number of rotatable bonds is 8. The predicted molar refractivity (Wildman–Crippen MR) is 91.8 cm³/mol. The van der Waals surface area contributed by atoms with E-state index in [9.17, 15) is 0 Å². The summed E-state index contributed by atoms with van der Waals surface area (Å²) in [6.07, 6.45) is 6.27. The number of anilines is 1. The molecule has 0 fully saturated rings. The van der Waals surface area contributed by atoms with E-state index in [0.717, 1.165) is 18.8 Å². The number of hydrogen-bond acceptors (Lipinski definition) is 3. The summed E-state index contributed by atoms with van der Waals surface area (Å²) in [7, 11) is 0. The highest BCUT2D eigenvalue weighted by Gasteiger charge is 2.06. The van der Waals surface area contributed by atoms with Crippen LogP contribution >= 0.6 is 0 Å². The van der Waals surface area contributed by atoms with Crippen LogP contribution in [0.3, 0.4) is 0 Å². The van der Waals surface area contributed by atoms with Gasteiger partial charge in [0.1, 0.15) is 0 Å². The molecule has 2 aromatic rings. The SMILES string of the molecule is CCN(CC)CCCC(C)Nc1cncc2ccccc12. The molecule has 21 heavy (non-hydrogen) atoms. The normalized spacial score (nSPS) is 12.8. The van der Waals surface area contributed by atoms with Crippen molar-refractivity contribution in [3.8, 4) is 0 Å². The molecule has 3 nitrogen and oxygen atoms in total. The lowest BCUT2D eigenvalue weighted by atomic mass is 10.1. The number of nitrogens with one attached hydrogen (secondary N) is 1. The van der Waals surface area contributed by atoms with Crippen molar-refractivity contribution in [2.24, 2.45) is 0 Å². The third-order valence-electron chi connectivity index (χ3n) is 4.08. The number of fused-ring (bicyclic) bond motifs is 1. The lowest BCUT2D eigenvalue weighted by Gasteiger charge is -2.20. The molecular formula is C18H27N3. The molecule has 0 saturated carbocycles. The van der Waals surface area contributed by atoms with Gasteiger partial charge in [-0.25, -0.2) is 0 Å². The van der Waals surface area contributed by atoms with Gasteiger partial charge in [0.15, 0.2) is 0 Å². The summed E-state index contributed by atoms with van der Waals surface area (Å²) in [4.78, 5) is 6.81. The Balaban J connectivity index is 1.91. The first-order valence-electron chi connectivity index (χ1n) is 8.06. The molecule has 0 aliphatic carbocycles. The van der Waals surface area contributed by atoms with Gasteiger partial charge in [-0.3, -0.25) is 4.98 Å². The van der Waals surface area contributed by atoms with E-state index in [4.69, 9.17) is 0 Å². The molecule has 1 aromatic heterocycles. The van der Waals surface area contributed by atoms with Crippen molar-refractivity contribution >= 4 is 16.5 Å². The maximum atomic E-state index is 4.33. The van der Waals surface area contributed by atoms with Crippen molar-refractivity contribution in [1.29, 1.82) is 0 Å². The Kier molecular flexibility index (Phi) is 6.00. The second-order valence-corrected chi connectivity index (χ2v) is 5.62. The fourth-order valence-corrected chi connectivity index (χ4v) is 2.73. The lowest BCUT2D eigenvalue weighted by molar-refractivity contribution is 0.295. The van der Waals surface area contributed by atoms with E-state index in [1.165, 1.54) is 30.2 Å². The molecular weight excluding hydrogens is 258 g/mol. The minimum Gasteiger partial charge on any atom is -0.381 e. The third-order valence-corrected chi connectivity index (χ3v) is 4.08. The van der Waals surface area contributed by atoms with Crippen molar-refractivity contribution in [3.63, 3.8) is 0 Å². The predicted octanol–water partition coefficient (Wildman–Crippen LogP) is 4.16. The van der Waals surface area contributed by atoms with E-state index < -0.39 is 0 Å². The summed E-state index contributed by atoms with van der Waals surface area (Å²) in [6.45, 7) is 10.2. The minimum atomic E-state index is 0.466. The smallest absolute Gasteiger partial charge is 0.0608 e. The van der Waals surface area contributed by atoms with Crippen LogP contribution in [0, 0.1) is 0 Å². The molecule has 1 aromatic carbocycles. The van der Waals surface area contributed by atoms with Crippen molar-refractivity contribution in [3.05, 3.63) is 36.7 Å². The Morgan fingerprint density at radius 2 is 1.90 bits per heavy atom. The summed E-state index contributed by atoms with van der Waals surface area (Å²) in [5.41, 5.74) is 1.14. The molecule has 0 amide bonds. The number of benzene rings is 1. The molecule has 0 saturated heterocycles. The van der Waals surface area contributed by atoms with Gasteiger partial charge in [0.05, 0.1) is 11.9 Å². The Hall–Kier alpha value is -1.61. The van der Waals surface area contributed by atoms with E-state index >= 15 is 0 Å². The molecule has 0 aliphatic rings. The summed E-state index contributed by atoms with van der Waals surface area (Å²) in [5.74, 6) is 0. The fraction of sp³-hybridized carbons (Fsp3) is 0.500. The number of hydrogen-bond donors (Lipinski definition) is 1. The highest BCUT2D eigenvalue weighted by molar-refractivity contribution is 5.92. The molecule has 1 unspecified atom stereocenters. The van der Waals surface area contributed by atoms with Crippen LogP contribution in [0.25, 0.3) is 10.8 Å². The van der Waals surface area contributed by atoms with E-state index in [1.54, 1.807) is 0 Å². The van der Waals surface area contributed by atoms with E-state index in [-0.39, 0.29) is 0 Å². The molecule has 114 valence electrons. The second-order valence-electron chi connectivity index (χ2n) is 5.62. The first kappa shape index (κ1) is 15.8. The average Bonchev–Trinajstić information content (AvgIpc) is 2.52. The number of aromatic nitrogens is 1. The maximum absolute atomic E-state index is 4.33. The maximum Gasteiger partial charge on any atom is 0.0608 e. The van der Waals surface area contributed by atoms with E-state index in [2.05, 4.69) is 60.2 Å². The zero-order chi connectivity index (χ0) is 15.1. The van der Waals surface area contributed by atoms with Crippen LogP contribution in [0.5, 0.6) is 0 Å². The minimum absolute atomic E-state index is 0.466. The van der Waals surface area contributed by atoms with Crippen LogP contribution in [0.1, 0.15) is 33.6 Å². The Bertz CT molecular complexity index is 544. The molecule has 3 heteroatoms. The van der Waals surface area contributed by atoms with E-state index in [0.29, 0.717) is 6.04 Å². The van der Waals surface area contributed by atoms with Gasteiger partial charge in [-0.15, -0.1) is 0 Å². The van der Waals surface area contributed by atoms with Crippen LogP contribution in [-0.4, -0.2) is 35.6 Å². The summed E-state index contributed by atoms with van der Waals surface area (Å²) < 4.78 is 0. The number of nitrogens with zero attached hydrogens (tertiary/aromatic N) is 2. The first-order chi connectivity index (χ1) is 10.2. The fourth-order valence-electron chi connectivity index (χ4n) is 2.73. The quantitative estimate of drug-likeness (QED) is 0.789. The summed E-state index contributed by atoms with van der Waals surface area (Å²) in [5, 5.41) is 6.06. The van der Waals surface area contributed by atoms with Gasteiger partial charge < -0.3 is 10.2 Å². The van der Waals surface area contributed by atoms with Crippen molar-refractivity contribution in [2.45, 2.75) is 39.7 Å². The van der Waals surface area contributed by atoms with Gasteiger partial charge in [-0.05, 0) is 39.4 Å². The van der Waals surface area contributed by atoms with Crippen LogP contribution in [0.4, 0.5) is 5.69 Å². The van der Waals surface area contributed by atoms with Crippen LogP contribution in [-0.2, 0) is 0 Å². The lowest BCUT2D eigenvalue weighted by Crippen LogP contribution is -2.25. The Labute approximate surface area is 128 Å². The zero-order valence-electron chi connectivity index (χ0n) is 13.5. The standard InChI is InChI=1S/C18H27N3/c1-4-21(5-2)12-8-9-15(3)20-18-14-19-13-16-10-6-7-11-17(16)18/h6-7,10-11,13-15,20H,4-5,8-9,12H2,1-3H3. The molecule has 0 aliphatic heterocycles. The second kappa shape index (κ2) is 7.99. The largest absolute Gasteiger partial charge is 0.381 e. The molecule has 0 bridgehead atoms. The van der Waals surface area contributed by atoms with Gasteiger partial charge >= 0.3 is 0 Å². The summed E-state index contributed by atoms with van der Waals surface area (Å²) in [6, 6.07) is 8.87.